The van der Waals surface area contributed by atoms with Gasteiger partial charge >= 0.3 is 35.8 Å². The molecule has 3 aromatic carbocycles. The fourth-order valence-electron chi connectivity index (χ4n) is 4.16. The Hall–Kier alpha value is -3.29. The molecular formula is C27H19F13O. The van der Waals surface area contributed by atoms with Crippen LogP contribution in [0.4, 0.5) is 57.1 Å². The minimum absolute atomic E-state index is 0.163. The molecular weight excluding hydrogens is 587 g/mol. The minimum Gasteiger partial charge on any atom is -0.376 e. The molecule has 0 saturated heterocycles. The molecule has 0 bridgehead atoms. The van der Waals surface area contributed by atoms with Gasteiger partial charge < -0.3 is 5.11 Å². The monoisotopic (exact) mass is 606 g/mol. The summed E-state index contributed by atoms with van der Waals surface area (Å²) in [6.07, 6.45) is -7.75. The molecule has 3 aromatic rings. The van der Waals surface area contributed by atoms with Crippen molar-refractivity contribution in [2.45, 2.75) is 54.7 Å². The molecule has 0 spiro atoms. The molecule has 1 nitrogen and oxygen atoms in total. The second-order valence-corrected chi connectivity index (χ2v) is 9.05. The first-order valence-electron chi connectivity index (χ1n) is 11.6. The Labute approximate surface area is 224 Å². The average Bonchev–Trinajstić information content (AvgIpc) is 2.92. The summed E-state index contributed by atoms with van der Waals surface area (Å²) < 4.78 is 182. The number of halogens is 13. The van der Waals surface area contributed by atoms with Crippen LogP contribution in [0.25, 0.3) is 0 Å². The van der Waals surface area contributed by atoms with Gasteiger partial charge in [-0.05, 0) is 29.2 Å². The Kier molecular flexibility index (Phi) is 8.03. The van der Waals surface area contributed by atoms with Gasteiger partial charge in [-0.15, -0.1) is 0 Å². The van der Waals surface area contributed by atoms with E-state index in [4.69, 9.17) is 0 Å². The highest BCUT2D eigenvalue weighted by molar-refractivity contribution is 5.52. The molecule has 41 heavy (non-hydrogen) atoms. The predicted octanol–water partition coefficient (Wildman–Crippen LogP) is 8.73. The van der Waals surface area contributed by atoms with Crippen molar-refractivity contribution in [2.24, 2.45) is 0 Å². The third kappa shape index (κ3) is 4.73. The van der Waals surface area contributed by atoms with Gasteiger partial charge in [0.2, 0.25) is 0 Å². The number of aryl methyl sites for hydroxylation is 1. The molecule has 0 aliphatic heterocycles. The van der Waals surface area contributed by atoms with Gasteiger partial charge in [-0.2, -0.15) is 57.1 Å². The Balaban J connectivity index is 2.39. The van der Waals surface area contributed by atoms with E-state index in [1.165, 1.54) is 43.3 Å². The lowest BCUT2D eigenvalue weighted by atomic mass is 9.75. The first-order chi connectivity index (χ1) is 18.6. The van der Waals surface area contributed by atoms with E-state index in [9.17, 15) is 53.4 Å². The van der Waals surface area contributed by atoms with Crippen molar-refractivity contribution in [3.63, 3.8) is 0 Å². The van der Waals surface area contributed by atoms with Crippen LogP contribution < -0.4 is 0 Å². The van der Waals surface area contributed by atoms with E-state index in [-0.39, 0.29) is 29.2 Å². The number of hydrogen-bond acceptors (Lipinski definition) is 1. The molecule has 0 radical (unpaired) electrons. The molecule has 0 unspecified atom stereocenters. The molecule has 0 amide bonds. The molecule has 0 aliphatic carbocycles. The Morgan fingerprint density at radius 2 is 0.927 bits per heavy atom. The van der Waals surface area contributed by atoms with E-state index in [2.05, 4.69) is 0 Å². The van der Waals surface area contributed by atoms with E-state index in [1.807, 2.05) is 0 Å². The van der Waals surface area contributed by atoms with Gasteiger partial charge in [-0.1, -0.05) is 79.7 Å². The minimum atomic E-state index is -8.04. The van der Waals surface area contributed by atoms with Crippen molar-refractivity contribution < 1.29 is 62.2 Å². The van der Waals surface area contributed by atoms with Crippen LogP contribution in [0.15, 0.2) is 78.9 Å². The van der Waals surface area contributed by atoms with E-state index >= 15 is 8.78 Å². The van der Waals surface area contributed by atoms with Gasteiger partial charge in [0.25, 0.3) is 0 Å². The molecule has 3 rings (SSSR count). The predicted molar refractivity (Wildman–Crippen MR) is 121 cm³/mol. The summed E-state index contributed by atoms with van der Waals surface area (Å²) in [6.45, 7) is 1.29. The molecule has 0 saturated carbocycles. The summed E-state index contributed by atoms with van der Waals surface area (Å²) in [7, 11) is 0. The van der Waals surface area contributed by atoms with Crippen LogP contribution in [0.3, 0.4) is 0 Å². The van der Waals surface area contributed by atoms with Crippen LogP contribution in [0.5, 0.6) is 0 Å². The number of rotatable bonds is 9. The fraction of sp³-hybridized carbons (Fsp3) is 0.333. The third-order valence-electron chi connectivity index (χ3n) is 6.54. The lowest BCUT2D eigenvalue weighted by molar-refractivity contribution is -0.441. The summed E-state index contributed by atoms with van der Waals surface area (Å²) in [6, 6.07) is 14.3. The van der Waals surface area contributed by atoms with Crippen molar-refractivity contribution in [3.8, 4) is 0 Å². The summed E-state index contributed by atoms with van der Waals surface area (Å²) in [5.41, 5.74) is -7.19. The summed E-state index contributed by atoms with van der Waals surface area (Å²) in [5.74, 6) is -38.0. The van der Waals surface area contributed by atoms with Crippen molar-refractivity contribution in [1.82, 2.24) is 0 Å². The third-order valence-corrected chi connectivity index (χ3v) is 6.54. The van der Waals surface area contributed by atoms with Crippen LogP contribution in [0, 0.1) is 0 Å². The topological polar surface area (TPSA) is 20.2 Å². The van der Waals surface area contributed by atoms with Crippen molar-refractivity contribution >= 4 is 0 Å². The average molecular weight is 606 g/mol. The molecule has 1 N–H and O–H groups in total. The first kappa shape index (κ1) is 32.2. The number of aliphatic hydroxyl groups is 1. The van der Waals surface area contributed by atoms with Crippen LogP contribution >= 0.6 is 0 Å². The van der Waals surface area contributed by atoms with E-state index < -0.39 is 52.5 Å². The van der Waals surface area contributed by atoms with Crippen LogP contribution in [0.2, 0.25) is 0 Å². The SMILES string of the molecule is CCc1ccc(C(O)(c2ccccc2)c2ccccc2)c(C(F)(F)C(F)(F)C(F)(F)C(F)(F)C(F)(F)C(F)(F)F)c1. The summed E-state index contributed by atoms with van der Waals surface area (Å²) in [5, 5.41) is 11.8. The second-order valence-electron chi connectivity index (χ2n) is 9.05. The van der Waals surface area contributed by atoms with Crippen LogP contribution in [-0.2, 0) is 17.9 Å². The highest BCUT2D eigenvalue weighted by Crippen LogP contribution is 2.63. The zero-order valence-electron chi connectivity index (χ0n) is 20.6. The molecule has 0 aromatic heterocycles. The first-order valence-corrected chi connectivity index (χ1v) is 11.6. The normalized spacial score (nSPS) is 14.3. The van der Waals surface area contributed by atoms with Crippen molar-refractivity contribution in [1.29, 1.82) is 0 Å². The maximum absolute atomic E-state index is 15.6. The van der Waals surface area contributed by atoms with Gasteiger partial charge in [0.1, 0.15) is 5.60 Å². The van der Waals surface area contributed by atoms with Gasteiger partial charge in [0.15, 0.2) is 0 Å². The van der Waals surface area contributed by atoms with Crippen LogP contribution in [-0.4, -0.2) is 35.0 Å². The smallest absolute Gasteiger partial charge is 0.376 e. The second kappa shape index (κ2) is 10.2. The Bertz CT molecular complexity index is 1310. The summed E-state index contributed by atoms with van der Waals surface area (Å²) >= 11 is 0. The molecule has 0 heterocycles. The Morgan fingerprint density at radius 1 is 0.512 bits per heavy atom. The zero-order chi connectivity index (χ0) is 31.3. The Morgan fingerprint density at radius 3 is 1.32 bits per heavy atom. The summed E-state index contributed by atoms with van der Waals surface area (Å²) in [4.78, 5) is 0. The molecule has 0 aliphatic rings. The van der Waals surface area contributed by atoms with E-state index in [0.717, 1.165) is 30.3 Å². The zero-order valence-corrected chi connectivity index (χ0v) is 20.6. The maximum atomic E-state index is 15.6. The van der Waals surface area contributed by atoms with E-state index in [1.54, 1.807) is 0 Å². The lowest BCUT2D eigenvalue weighted by Crippen LogP contribution is -2.69. The standard InChI is InChI=1S/C27H19F13O/c1-2-16-13-14-19(21(41,17-9-5-3-6-10-17)18-11-7-4-8-12-18)20(15-16)22(28,29)23(30,31)24(32,33)25(34,35)26(36,37)27(38,39)40/h3-15,41H,2H2,1H3. The molecule has 224 valence electrons. The highest BCUT2D eigenvalue weighted by Gasteiger charge is 2.91. The van der Waals surface area contributed by atoms with Gasteiger partial charge in [0.05, 0.1) is 0 Å². The number of benzene rings is 3. The van der Waals surface area contributed by atoms with Crippen LogP contribution in [0.1, 0.15) is 34.7 Å². The highest BCUT2D eigenvalue weighted by atomic mass is 19.4. The quantitative estimate of drug-likeness (QED) is 0.191. The largest absolute Gasteiger partial charge is 0.460 e. The number of hydrogen-bond donors (Lipinski definition) is 1. The fourth-order valence-corrected chi connectivity index (χ4v) is 4.16. The van der Waals surface area contributed by atoms with Gasteiger partial charge in [0, 0.05) is 11.1 Å². The lowest BCUT2D eigenvalue weighted by Gasteiger charge is -2.41. The van der Waals surface area contributed by atoms with Gasteiger partial charge in [-0.25, -0.2) is 0 Å². The number of alkyl halides is 13. The van der Waals surface area contributed by atoms with Gasteiger partial charge in [-0.3, -0.25) is 0 Å². The maximum Gasteiger partial charge on any atom is 0.460 e. The molecule has 0 fully saturated rings. The molecule has 0 atom stereocenters. The van der Waals surface area contributed by atoms with Crippen molar-refractivity contribution in [3.05, 3.63) is 107 Å². The van der Waals surface area contributed by atoms with Crippen molar-refractivity contribution in [2.75, 3.05) is 0 Å². The van der Waals surface area contributed by atoms with E-state index in [0.29, 0.717) is 6.07 Å². The molecule has 14 heteroatoms.